The van der Waals surface area contributed by atoms with Crippen molar-refractivity contribution in [1.82, 2.24) is 10.2 Å². The molecular formula is C16H23ClN2O. The lowest BCUT2D eigenvalue weighted by Gasteiger charge is -2.30. The smallest absolute Gasteiger partial charge is 0.234 e. The Morgan fingerprint density at radius 2 is 2.15 bits per heavy atom. The first-order valence-electron chi connectivity index (χ1n) is 7.37. The van der Waals surface area contributed by atoms with Crippen molar-refractivity contribution >= 4 is 17.5 Å². The summed E-state index contributed by atoms with van der Waals surface area (Å²) in [7, 11) is 0. The van der Waals surface area contributed by atoms with Crippen molar-refractivity contribution in [2.24, 2.45) is 5.92 Å². The summed E-state index contributed by atoms with van der Waals surface area (Å²) in [5.74, 6) is 0.846. The number of likely N-dealkylation sites (tertiary alicyclic amines) is 1. The number of nitrogens with one attached hydrogen (secondary N) is 1. The number of piperidine rings is 1. The van der Waals surface area contributed by atoms with E-state index in [9.17, 15) is 4.79 Å². The van der Waals surface area contributed by atoms with Crippen LogP contribution < -0.4 is 5.32 Å². The molecule has 110 valence electrons. The Morgan fingerprint density at radius 3 is 2.85 bits per heavy atom. The van der Waals surface area contributed by atoms with Crippen molar-refractivity contribution in [2.45, 2.75) is 26.2 Å². The van der Waals surface area contributed by atoms with Gasteiger partial charge in [0.05, 0.1) is 6.54 Å². The van der Waals surface area contributed by atoms with Gasteiger partial charge in [0.2, 0.25) is 5.91 Å². The molecule has 2 rings (SSSR count). The quantitative estimate of drug-likeness (QED) is 0.906. The molecule has 0 aliphatic carbocycles. The number of carbonyl (C=O) groups is 1. The van der Waals surface area contributed by atoms with Gasteiger partial charge in [0.1, 0.15) is 0 Å². The van der Waals surface area contributed by atoms with Crippen LogP contribution in [0, 0.1) is 5.92 Å². The second-order valence-corrected chi connectivity index (χ2v) is 6.15. The van der Waals surface area contributed by atoms with Crippen LogP contribution in [0.4, 0.5) is 0 Å². The number of hydrogen-bond acceptors (Lipinski definition) is 2. The minimum absolute atomic E-state index is 0.132. The molecule has 1 amide bonds. The van der Waals surface area contributed by atoms with Crippen LogP contribution in [0.5, 0.6) is 0 Å². The predicted molar refractivity (Wildman–Crippen MR) is 83.0 cm³/mol. The molecule has 4 heteroatoms. The van der Waals surface area contributed by atoms with Gasteiger partial charge in [-0.25, -0.2) is 0 Å². The molecule has 1 aromatic rings. The molecule has 1 atom stereocenters. The van der Waals surface area contributed by atoms with E-state index in [2.05, 4.69) is 17.1 Å². The minimum atomic E-state index is 0.132. The molecule has 1 fully saturated rings. The van der Waals surface area contributed by atoms with Crippen LogP contribution in [0.2, 0.25) is 5.02 Å². The van der Waals surface area contributed by atoms with E-state index < -0.39 is 0 Å². The van der Waals surface area contributed by atoms with Gasteiger partial charge in [0, 0.05) is 18.1 Å². The SMILES string of the molecule is CC1CCCN(CC(=O)NCCc2ccc(Cl)cc2)C1. The van der Waals surface area contributed by atoms with E-state index in [1.54, 1.807) is 0 Å². The number of carbonyl (C=O) groups excluding carboxylic acids is 1. The summed E-state index contributed by atoms with van der Waals surface area (Å²) in [4.78, 5) is 14.1. The molecule has 0 saturated carbocycles. The Morgan fingerprint density at radius 1 is 1.40 bits per heavy atom. The molecule has 1 aliphatic rings. The molecule has 0 spiro atoms. The molecule has 0 radical (unpaired) electrons. The van der Waals surface area contributed by atoms with Crippen LogP contribution >= 0.6 is 11.6 Å². The summed E-state index contributed by atoms with van der Waals surface area (Å²) in [5.41, 5.74) is 1.20. The first kappa shape index (κ1) is 15.3. The van der Waals surface area contributed by atoms with Crippen molar-refractivity contribution in [3.8, 4) is 0 Å². The number of nitrogens with zero attached hydrogens (tertiary/aromatic N) is 1. The monoisotopic (exact) mass is 294 g/mol. The molecule has 1 N–H and O–H groups in total. The van der Waals surface area contributed by atoms with Gasteiger partial charge in [-0.3, -0.25) is 9.69 Å². The fraction of sp³-hybridized carbons (Fsp3) is 0.562. The lowest BCUT2D eigenvalue weighted by Crippen LogP contribution is -2.42. The Bertz CT molecular complexity index is 433. The Labute approximate surface area is 126 Å². The zero-order valence-corrected chi connectivity index (χ0v) is 12.8. The maximum Gasteiger partial charge on any atom is 0.234 e. The third kappa shape index (κ3) is 5.14. The summed E-state index contributed by atoms with van der Waals surface area (Å²) < 4.78 is 0. The zero-order chi connectivity index (χ0) is 14.4. The molecule has 20 heavy (non-hydrogen) atoms. The number of halogens is 1. The highest BCUT2D eigenvalue weighted by Gasteiger charge is 2.18. The molecule has 0 bridgehead atoms. The van der Waals surface area contributed by atoms with Gasteiger partial charge < -0.3 is 5.32 Å². The van der Waals surface area contributed by atoms with Gasteiger partial charge in [0.25, 0.3) is 0 Å². The first-order valence-corrected chi connectivity index (χ1v) is 7.75. The molecule has 3 nitrogen and oxygen atoms in total. The van der Waals surface area contributed by atoms with Crippen molar-refractivity contribution in [3.63, 3.8) is 0 Å². The van der Waals surface area contributed by atoms with Crippen LogP contribution in [-0.2, 0) is 11.2 Å². The fourth-order valence-corrected chi connectivity index (χ4v) is 2.81. The summed E-state index contributed by atoms with van der Waals surface area (Å²) >= 11 is 5.84. The third-order valence-corrected chi connectivity index (χ3v) is 4.01. The van der Waals surface area contributed by atoms with E-state index in [4.69, 9.17) is 11.6 Å². The summed E-state index contributed by atoms with van der Waals surface area (Å²) in [6.45, 7) is 5.57. The van der Waals surface area contributed by atoms with Crippen LogP contribution in [0.25, 0.3) is 0 Å². The summed E-state index contributed by atoms with van der Waals surface area (Å²) in [5, 5.41) is 3.74. The Hall–Kier alpha value is -1.06. The molecule has 1 aromatic carbocycles. The van der Waals surface area contributed by atoms with E-state index in [0.29, 0.717) is 19.0 Å². The van der Waals surface area contributed by atoms with Gasteiger partial charge in [-0.05, 0) is 49.4 Å². The number of rotatable bonds is 5. The van der Waals surface area contributed by atoms with Crippen LogP contribution in [0.1, 0.15) is 25.3 Å². The van der Waals surface area contributed by atoms with Gasteiger partial charge in [-0.1, -0.05) is 30.7 Å². The van der Waals surface area contributed by atoms with Gasteiger partial charge in [-0.2, -0.15) is 0 Å². The molecular weight excluding hydrogens is 272 g/mol. The maximum atomic E-state index is 11.9. The van der Waals surface area contributed by atoms with Crippen LogP contribution in [0.3, 0.4) is 0 Å². The van der Waals surface area contributed by atoms with E-state index in [1.165, 1.54) is 18.4 Å². The molecule has 1 heterocycles. The number of amides is 1. The lowest BCUT2D eigenvalue weighted by atomic mass is 10.0. The topological polar surface area (TPSA) is 32.3 Å². The van der Waals surface area contributed by atoms with Crippen molar-refractivity contribution in [3.05, 3.63) is 34.9 Å². The number of hydrogen-bond donors (Lipinski definition) is 1. The van der Waals surface area contributed by atoms with E-state index in [1.807, 2.05) is 24.3 Å². The van der Waals surface area contributed by atoms with Gasteiger partial charge in [0.15, 0.2) is 0 Å². The minimum Gasteiger partial charge on any atom is -0.355 e. The lowest BCUT2D eigenvalue weighted by molar-refractivity contribution is -0.122. The van der Waals surface area contributed by atoms with Gasteiger partial charge in [-0.15, -0.1) is 0 Å². The second kappa shape index (κ2) is 7.65. The third-order valence-electron chi connectivity index (χ3n) is 3.76. The summed E-state index contributed by atoms with van der Waals surface area (Å²) in [6, 6.07) is 7.77. The largest absolute Gasteiger partial charge is 0.355 e. The standard InChI is InChI=1S/C16H23ClN2O/c1-13-3-2-10-19(11-13)12-16(20)18-9-8-14-4-6-15(17)7-5-14/h4-7,13H,2-3,8-12H2,1H3,(H,18,20). The van der Waals surface area contributed by atoms with Crippen LogP contribution in [-0.4, -0.2) is 37.0 Å². The Balaban J connectivity index is 1.66. The van der Waals surface area contributed by atoms with Crippen molar-refractivity contribution in [2.75, 3.05) is 26.2 Å². The van der Waals surface area contributed by atoms with E-state index in [0.717, 1.165) is 24.5 Å². The number of benzene rings is 1. The highest BCUT2D eigenvalue weighted by molar-refractivity contribution is 6.30. The van der Waals surface area contributed by atoms with E-state index in [-0.39, 0.29) is 5.91 Å². The normalized spacial score (nSPS) is 19.8. The average Bonchev–Trinajstić information content (AvgIpc) is 2.41. The summed E-state index contributed by atoms with van der Waals surface area (Å²) in [6.07, 6.45) is 3.34. The molecule has 1 aliphatic heterocycles. The van der Waals surface area contributed by atoms with Crippen molar-refractivity contribution in [1.29, 1.82) is 0 Å². The van der Waals surface area contributed by atoms with Gasteiger partial charge >= 0.3 is 0 Å². The van der Waals surface area contributed by atoms with Crippen LogP contribution in [0.15, 0.2) is 24.3 Å². The average molecular weight is 295 g/mol. The molecule has 1 saturated heterocycles. The highest BCUT2D eigenvalue weighted by Crippen LogP contribution is 2.14. The Kier molecular flexibility index (Phi) is 5.86. The highest BCUT2D eigenvalue weighted by atomic mass is 35.5. The van der Waals surface area contributed by atoms with Crippen molar-refractivity contribution < 1.29 is 4.79 Å². The molecule has 1 unspecified atom stereocenters. The fourth-order valence-electron chi connectivity index (χ4n) is 2.69. The second-order valence-electron chi connectivity index (χ2n) is 5.71. The first-order chi connectivity index (χ1) is 9.63. The maximum absolute atomic E-state index is 11.9. The molecule has 0 aromatic heterocycles. The van der Waals surface area contributed by atoms with E-state index >= 15 is 0 Å². The zero-order valence-electron chi connectivity index (χ0n) is 12.1. The predicted octanol–water partition coefficient (Wildman–Crippen LogP) is 2.73.